The molecule has 2 unspecified atom stereocenters. The largest absolute Gasteiger partial charge is 0.425 e. The van der Waals surface area contributed by atoms with Gasteiger partial charge in [-0.3, -0.25) is 0 Å². The number of aliphatic hydroxyl groups excluding tert-OH is 4. The highest BCUT2D eigenvalue weighted by molar-refractivity contribution is 5.87. The smallest absolute Gasteiger partial charge is 0.386 e. The van der Waals surface area contributed by atoms with Crippen LogP contribution < -0.4 is 4.74 Å². The van der Waals surface area contributed by atoms with Gasteiger partial charge in [0.05, 0.1) is 13.2 Å². The molecule has 0 aliphatic carbocycles. The lowest BCUT2D eigenvalue weighted by molar-refractivity contribution is -0.261. The minimum Gasteiger partial charge on any atom is -0.425 e. The van der Waals surface area contributed by atoms with Gasteiger partial charge in [-0.1, -0.05) is 12.1 Å². The van der Waals surface area contributed by atoms with E-state index in [1.807, 2.05) is 0 Å². The van der Waals surface area contributed by atoms with Crippen molar-refractivity contribution in [3.63, 3.8) is 0 Å². The molecule has 10 nitrogen and oxygen atoms in total. The van der Waals surface area contributed by atoms with Crippen LogP contribution in [0.3, 0.4) is 0 Å². The van der Waals surface area contributed by atoms with E-state index in [2.05, 4.69) is 9.78 Å². The predicted molar refractivity (Wildman–Crippen MR) is 79.5 cm³/mol. The second-order valence-corrected chi connectivity index (χ2v) is 4.52. The number of hydrogen-bond acceptors (Lipinski definition) is 10. The Morgan fingerprint density at radius 3 is 2.04 bits per heavy atom. The van der Waals surface area contributed by atoms with Gasteiger partial charge in [0.2, 0.25) is 0 Å². The molecule has 0 aliphatic rings. The predicted octanol–water partition coefficient (Wildman–Crippen LogP) is -1.69. The summed E-state index contributed by atoms with van der Waals surface area (Å²) in [6.07, 6.45) is -1.22. The summed E-state index contributed by atoms with van der Waals surface area (Å²) in [5.74, 6) is -3.26. The van der Waals surface area contributed by atoms with Crippen LogP contribution in [-0.4, -0.2) is 63.8 Å². The summed E-state index contributed by atoms with van der Waals surface area (Å²) < 4.78 is 4.78. The Balaban J connectivity index is 2.51. The number of carbonyl (C=O) groups is 3. The van der Waals surface area contributed by atoms with Crippen LogP contribution in [0, 0.1) is 0 Å². The van der Waals surface area contributed by atoms with Crippen molar-refractivity contribution in [1.82, 2.24) is 0 Å². The van der Waals surface area contributed by atoms with E-state index in [-0.39, 0.29) is 5.75 Å². The Morgan fingerprint density at radius 2 is 1.48 bits per heavy atom. The molecular formula is C15H16O10. The normalized spacial score (nSPS) is 13.1. The van der Waals surface area contributed by atoms with E-state index in [9.17, 15) is 14.4 Å². The highest BCUT2D eigenvalue weighted by Crippen LogP contribution is 2.14. The number of hydrogen-bond donors (Lipinski definition) is 4. The molecule has 0 saturated heterocycles. The molecule has 0 radical (unpaired) electrons. The molecule has 25 heavy (non-hydrogen) atoms. The van der Waals surface area contributed by atoms with Crippen molar-refractivity contribution in [2.24, 2.45) is 0 Å². The van der Waals surface area contributed by atoms with Gasteiger partial charge in [-0.25, -0.2) is 24.2 Å². The summed E-state index contributed by atoms with van der Waals surface area (Å²) in [6, 6.07) is 5.70. The molecule has 0 aliphatic heterocycles. The maximum atomic E-state index is 11.3. The highest BCUT2D eigenvalue weighted by Gasteiger charge is 2.18. The lowest BCUT2D eigenvalue weighted by atomic mass is 10.2. The second kappa shape index (κ2) is 10.2. The van der Waals surface area contributed by atoms with E-state index < -0.39 is 43.3 Å². The Bertz CT molecular complexity index is 622. The molecule has 0 amide bonds. The van der Waals surface area contributed by atoms with Gasteiger partial charge in [-0.15, -0.1) is 0 Å². The average molecular weight is 356 g/mol. The summed E-state index contributed by atoms with van der Waals surface area (Å²) in [4.78, 5) is 41.6. The maximum absolute atomic E-state index is 11.3. The number of esters is 1. The zero-order chi connectivity index (χ0) is 18.8. The van der Waals surface area contributed by atoms with Crippen molar-refractivity contribution < 1.29 is 49.3 Å². The van der Waals surface area contributed by atoms with Gasteiger partial charge in [-0.05, 0) is 23.8 Å². The molecule has 0 heterocycles. The van der Waals surface area contributed by atoms with Gasteiger partial charge in [0.15, 0.2) is 12.2 Å². The zero-order valence-corrected chi connectivity index (χ0v) is 12.8. The number of rotatable bonds is 7. The molecule has 2 atom stereocenters. The maximum Gasteiger partial charge on any atom is 0.386 e. The average Bonchev–Trinajstić information content (AvgIpc) is 2.63. The first-order valence-corrected chi connectivity index (χ1v) is 6.87. The third-order valence-electron chi connectivity index (χ3n) is 2.61. The van der Waals surface area contributed by atoms with Crippen molar-refractivity contribution in [2.45, 2.75) is 12.2 Å². The van der Waals surface area contributed by atoms with Crippen LogP contribution in [0.25, 0.3) is 6.08 Å². The minimum atomic E-state index is -1.81. The van der Waals surface area contributed by atoms with Crippen LogP contribution in [0.5, 0.6) is 5.75 Å². The third kappa shape index (κ3) is 7.10. The molecule has 0 fully saturated rings. The van der Waals surface area contributed by atoms with Gasteiger partial charge >= 0.3 is 17.9 Å². The molecule has 0 aromatic heterocycles. The Kier molecular flexibility index (Phi) is 8.23. The standard InChI is InChI=1S/C15H16O10/c16-7-11(18)14(21)23-10-4-1-9(2-5-10)3-6-13(20)24-25-15(22)12(19)8-17/h1-6,11-12,16-19H,7-8H2. The number of aliphatic hydroxyl groups is 4. The molecule has 1 aromatic rings. The fraction of sp³-hybridized carbons (Fsp3) is 0.267. The summed E-state index contributed by atoms with van der Waals surface area (Å²) in [5.41, 5.74) is 0.501. The fourth-order valence-electron chi connectivity index (χ4n) is 1.31. The summed E-state index contributed by atoms with van der Waals surface area (Å²) in [7, 11) is 0. The van der Waals surface area contributed by atoms with Crippen LogP contribution in [0.2, 0.25) is 0 Å². The van der Waals surface area contributed by atoms with Crippen LogP contribution in [0.15, 0.2) is 30.3 Å². The monoisotopic (exact) mass is 356 g/mol. The van der Waals surface area contributed by atoms with Gasteiger partial charge < -0.3 is 25.2 Å². The molecule has 1 rings (SSSR count). The van der Waals surface area contributed by atoms with E-state index >= 15 is 0 Å². The van der Waals surface area contributed by atoms with E-state index in [4.69, 9.17) is 25.2 Å². The van der Waals surface area contributed by atoms with Gasteiger partial charge in [-0.2, -0.15) is 0 Å². The number of carbonyl (C=O) groups excluding carboxylic acids is 3. The summed E-state index contributed by atoms with van der Waals surface area (Å²) >= 11 is 0. The SMILES string of the molecule is O=C(C=Cc1ccc(OC(=O)C(O)CO)cc1)OOC(=O)C(O)CO. The first-order valence-electron chi connectivity index (χ1n) is 6.87. The highest BCUT2D eigenvalue weighted by atomic mass is 17.2. The molecular weight excluding hydrogens is 340 g/mol. The van der Waals surface area contributed by atoms with E-state index in [1.54, 1.807) is 0 Å². The molecule has 0 spiro atoms. The first kappa shape index (κ1) is 20.3. The molecule has 0 saturated carbocycles. The second-order valence-electron chi connectivity index (χ2n) is 4.52. The minimum absolute atomic E-state index is 0.115. The number of ether oxygens (including phenoxy) is 1. The lowest BCUT2D eigenvalue weighted by Gasteiger charge is -2.07. The van der Waals surface area contributed by atoms with Gasteiger partial charge in [0, 0.05) is 6.08 Å². The summed E-state index contributed by atoms with van der Waals surface area (Å²) in [5, 5.41) is 35.1. The Hall–Kier alpha value is -2.79. The molecule has 1 aromatic carbocycles. The van der Waals surface area contributed by atoms with Crippen LogP contribution in [-0.2, 0) is 24.2 Å². The van der Waals surface area contributed by atoms with Crippen molar-refractivity contribution in [1.29, 1.82) is 0 Å². The topological polar surface area (TPSA) is 160 Å². The third-order valence-corrected chi connectivity index (χ3v) is 2.61. The van der Waals surface area contributed by atoms with Crippen LogP contribution in [0.4, 0.5) is 0 Å². The van der Waals surface area contributed by atoms with E-state index in [0.717, 1.165) is 6.08 Å². The fourth-order valence-corrected chi connectivity index (χ4v) is 1.31. The molecule has 0 bridgehead atoms. The van der Waals surface area contributed by atoms with Crippen molar-refractivity contribution >= 4 is 24.0 Å². The van der Waals surface area contributed by atoms with Crippen molar-refractivity contribution in [3.8, 4) is 5.75 Å². The Labute approximate surface area is 141 Å². The van der Waals surface area contributed by atoms with Gasteiger partial charge in [0.1, 0.15) is 5.75 Å². The molecule has 4 N–H and O–H groups in total. The molecule has 10 heteroatoms. The summed E-state index contributed by atoms with van der Waals surface area (Å²) in [6.45, 7) is -1.64. The van der Waals surface area contributed by atoms with Crippen molar-refractivity contribution in [3.05, 3.63) is 35.9 Å². The lowest BCUT2D eigenvalue weighted by Crippen LogP contribution is -2.28. The zero-order valence-electron chi connectivity index (χ0n) is 12.8. The Morgan fingerprint density at radius 1 is 0.920 bits per heavy atom. The quantitative estimate of drug-likeness (QED) is 0.146. The van der Waals surface area contributed by atoms with E-state index in [1.165, 1.54) is 30.3 Å². The van der Waals surface area contributed by atoms with Crippen LogP contribution in [0.1, 0.15) is 5.56 Å². The number of benzene rings is 1. The first-order chi connectivity index (χ1) is 11.9. The van der Waals surface area contributed by atoms with Crippen LogP contribution >= 0.6 is 0 Å². The van der Waals surface area contributed by atoms with E-state index in [0.29, 0.717) is 5.56 Å². The van der Waals surface area contributed by atoms with Gasteiger partial charge in [0.25, 0.3) is 0 Å². The molecule has 136 valence electrons. The van der Waals surface area contributed by atoms with Crippen molar-refractivity contribution in [2.75, 3.05) is 13.2 Å².